The van der Waals surface area contributed by atoms with Crippen LogP contribution in [0.4, 0.5) is 0 Å². The summed E-state index contributed by atoms with van der Waals surface area (Å²) in [7, 11) is 1.66. The van der Waals surface area contributed by atoms with E-state index >= 15 is 0 Å². The molecule has 0 bridgehead atoms. The first-order valence-corrected chi connectivity index (χ1v) is 7.48. The Bertz CT molecular complexity index is 504. The molecule has 0 radical (unpaired) electrons. The van der Waals surface area contributed by atoms with E-state index < -0.39 is 6.04 Å². The van der Waals surface area contributed by atoms with E-state index in [9.17, 15) is 4.79 Å². The predicted octanol–water partition coefficient (Wildman–Crippen LogP) is 1.76. The third kappa shape index (κ3) is 4.74. The Morgan fingerprint density at radius 3 is 2.55 bits per heavy atom. The standard InChI is InChI=1S/C15H22ClN3O2.ClH/c1-11(17)15(20)19-7-5-18(6-8-19)10-12-9-13(16)3-4-14(12)21-2;/h3-4,9,11H,5-8,10,17H2,1-2H3;1H. The minimum absolute atomic E-state index is 0. The molecule has 1 atom stereocenters. The summed E-state index contributed by atoms with van der Waals surface area (Å²) < 4.78 is 5.37. The first-order chi connectivity index (χ1) is 10.0. The van der Waals surface area contributed by atoms with Crippen LogP contribution in [0.1, 0.15) is 12.5 Å². The lowest BCUT2D eigenvalue weighted by Gasteiger charge is -2.35. The molecule has 0 saturated carbocycles. The normalized spacial score (nSPS) is 16.8. The van der Waals surface area contributed by atoms with Crippen molar-refractivity contribution in [3.05, 3.63) is 28.8 Å². The van der Waals surface area contributed by atoms with E-state index in [-0.39, 0.29) is 18.3 Å². The van der Waals surface area contributed by atoms with Crippen molar-refractivity contribution in [2.45, 2.75) is 19.5 Å². The monoisotopic (exact) mass is 347 g/mol. The average molecular weight is 348 g/mol. The van der Waals surface area contributed by atoms with Crippen LogP contribution in [-0.2, 0) is 11.3 Å². The predicted molar refractivity (Wildman–Crippen MR) is 90.8 cm³/mol. The van der Waals surface area contributed by atoms with Crippen LogP contribution in [0.2, 0.25) is 5.02 Å². The summed E-state index contributed by atoms with van der Waals surface area (Å²) in [6.07, 6.45) is 0. The number of nitrogens with zero attached hydrogens (tertiary/aromatic N) is 2. The molecule has 2 N–H and O–H groups in total. The molecule has 5 nitrogen and oxygen atoms in total. The lowest BCUT2D eigenvalue weighted by Crippen LogP contribution is -2.52. The molecule has 1 aromatic rings. The summed E-state index contributed by atoms with van der Waals surface area (Å²) in [5.74, 6) is 0.864. The maximum Gasteiger partial charge on any atom is 0.239 e. The third-order valence-corrected chi connectivity index (χ3v) is 3.94. The van der Waals surface area contributed by atoms with Gasteiger partial charge in [-0.05, 0) is 25.1 Å². The van der Waals surface area contributed by atoms with Crippen LogP contribution >= 0.6 is 24.0 Å². The van der Waals surface area contributed by atoms with Gasteiger partial charge in [-0.1, -0.05) is 11.6 Å². The largest absolute Gasteiger partial charge is 0.496 e. The van der Waals surface area contributed by atoms with E-state index in [0.717, 1.165) is 30.9 Å². The van der Waals surface area contributed by atoms with Gasteiger partial charge in [-0.15, -0.1) is 12.4 Å². The molecule has 1 aliphatic rings. The molecule has 2 rings (SSSR count). The number of nitrogens with two attached hydrogens (primary N) is 1. The zero-order valence-electron chi connectivity index (χ0n) is 12.9. The number of ether oxygens (including phenoxy) is 1. The van der Waals surface area contributed by atoms with E-state index in [4.69, 9.17) is 22.1 Å². The van der Waals surface area contributed by atoms with E-state index in [1.54, 1.807) is 14.0 Å². The SMILES string of the molecule is COc1ccc(Cl)cc1CN1CCN(C(=O)C(C)N)CC1.Cl. The van der Waals surface area contributed by atoms with Gasteiger partial charge in [0.2, 0.25) is 5.91 Å². The number of methoxy groups -OCH3 is 1. The first-order valence-electron chi connectivity index (χ1n) is 7.10. The van der Waals surface area contributed by atoms with Gasteiger partial charge in [0.15, 0.2) is 0 Å². The van der Waals surface area contributed by atoms with Crippen molar-refractivity contribution >= 4 is 29.9 Å². The molecular formula is C15H23Cl2N3O2. The molecule has 1 saturated heterocycles. The van der Waals surface area contributed by atoms with E-state index in [0.29, 0.717) is 18.1 Å². The van der Waals surface area contributed by atoms with Crippen LogP contribution in [0.5, 0.6) is 5.75 Å². The second kappa shape index (κ2) is 8.58. The molecule has 1 fully saturated rings. The molecule has 22 heavy (non-hydrogen) atoms. The van der Waals surface area contributed by atoms with Crippen LogP contribution in [0.25, 0.3) is 0 Å². The van der Waals surface area contributed by atoms with Gasteiger partial charge < -0.3 is 15.4 Å². The number of amides is 1. The fraction of sp³-hybridized carbons (Fsp3) is 0.533. The number of hydrogen-bond donors (Lipinski definition) is 1. The van der Waals surface area contributed by atoms with Crippen molar-refractivity contribution in [1.82, 2.24) is 9.80 Å². The van der Waals surface area contributed by atoms with Crippen LogP contribution in [0.15, 0.2) is 18.2 Å². The highest BCUT2D eigenvalue weighted by Gasteiger charge is 2.23. The highest BCUT2D eigenvalue weighted by atomic mass is 35.5. The molecule has 1 aliphatic heterocycles. The smallest absolute Gasteiger partial charge is 0.239 e. The molecule has 124 valence electrons. The molecule has 7 heteroatoms. The van der Waals surface area contributed by atoms with E-state index in [1.807, 2.05) is 23.1 Å². The number of hydrogen-bond acceptors (Lipinski definition) is 4. The molecule has 0 spiro atoms. The molecule has 1 heterocycles. The number of halogens is 2. The topological polar surface area (TPSA) is 58.8 Å². The minimum Gasteiger partial charge on any atom is -0.496 e. The Morgan fingerprint density at radius 2 is 2.00 bits per heavy atom. The van der Waals surface area contributed by atoms with Gasteiger partial charge in [0.1, 0.15) is 5.75 Å². The second-order valence-corrected chi connectivity index (χ2v) is 5.78. The van der Waals surface area contributed by atoms with Crippen molar-refractivity contribution < 1.29 is 9.53 Å². The van der Waals surface area contributed by atoms with Gasteiger partial charge in [-0.3, -0.25) is 9.69 Å². The van der Waals surface area contributed by atoms with Gasteiger partial charge in [-0.2, -0.15) is 0 Å². The molecule has 0 aliphatic carbocycles. The number of carbonyl (C=O) groups is 1. The molecule has 0 aromatic heterocycles. The van der Waals surface area contributed by atoms with Gasteiger partial charge in [0, 0.05) is 43.3 Å². The van der Waals surface area contributed by atoms with Crippen molar-refractivity contribution in [3.8, 4) is 5.75 Å². The number of carbonyl (C=O) groups excluding carboxylic acids is 1. The summed E-state index contributed by atoms with van der Waals surface area (Å²) in [5, 5.41) is 0.705. The van der Waals surface area contributed by atoms with Crippen LogP contribution in [0.3, 0.4) is 0 Å². The number of piperazine rings is 1. The molecule has 1 unspecified atom stereocenters. The Labute approximate surface area is 142 Å². The molecule has 1 amide bonds. The highest BCUT2D eigenvalue weighted by molar-refractivity contribution is 6.30. The summed E-state index contributed by atoms with van der Waals surface area (Å²) >= 11 is 6.05. The lowest BCUT2D eigenvalue weighted by atomic mass is 10.1. The quantitative estimate of drug-likeness (QED) is 0.901. The Kier molecular flexibility index (Phi) is 7.42. The average Bonchev–Trinajstić information content (AvgIpc) is 2.47. The third-order valence-electron chi connectivity index (χ3n) is 3.71. The summed E-state index contributed by atoms with van der Waals surface area (Å²) in [4.78, 5) is 16.0. The van der Waals surface area contributed by atoms with Gasteiger partial charge in [-0.25, -0.2) is 0 Å². The zero-order chi connectivity index (χ0) is 15.4. The van der Waals surface area contributed by atoms with Crippen molar-refractivity contribution in [2.75, 3.05) is 33.3 Å². The Morgan fingerprint density at radius 1 is 1.36 bits per heavy atom. The van der Waals surface area contributed by atoms with Crippen LogP contribution < -0.4 is 10.5 Å². The van der Waals surface area contributed by atoms with Crippen molar-refractivity contribution in [3.63, 3.8) is 0 Å². The van der Waals surface area contributed by atoms with E-state index in [2.05, 4.69) is 4.90 Å². The zero-order valence-corrected chi connectivity index (χ0v) is 14.5. The molecule has 1 aromatic carbocycles. The van der Waals surface area contributed by atoms with Gasteiger partial charge >= 0.3 is 0 Å². The first kappa shape index (κ1) is 19.0. The van der Waals surface area contributed by atoms with Gasteiger partial charge in [0.25, 0.3) is 0 Å². The second-order valence-electron chi connectivity index (χ2n) is 5.35. The molecular weight excluding hydrogens is 325 g/mol. The van der Waals surface area contributed by atoms with Gasteiger partial charge in [0.05, 0.1) is 13.2 Å². The lowest BCUT2D eigenvalue weighted by molar-refractivity contribution is -0.134. The fourth-order valence-corrected chi connectivity index (χ4v) is 2.72. The number of benzene rings is 1. The summed E-state index contributed by atoms with van der Waals surface area (Å²) in [6, 6.07) is 5.21. The maximum absolute atomic E-state index is 11.9. The minimum atomic E-state index is -0.426. The number of rotatable bonds is 4. The van der Waals surface area contributed by atoms with E-state index in [1.165, 1.54) is 0 Å². The van der Waals surface area contributed by atoms with Crippen molar-refractivity contribution in [2.24, 2.45) is 5.73 Å². The fourth-order valence-electron chi connectivity index (χ4n) is 2.53. The Balaban J connectivity index is 0.00000242. The highest BCUT2D eigenvalue weighted by Crippen LogP contribution is 2.24. The summed E-state index contributed by atoms with van der Waals surface area (Å²) in [5.41, 5.74) is 6.71. The Hall–Kier alpha value is -1.01. The van der Waals surface area contributed by atoms with Crippen LogP contribution in [0, 0.1) is 0 Å². The summed E-state index contributed by atoms with van der Waals surface area (Å²) in [6.45, 7) is 5.57. The maximum atomic E-state index is 11.9. The van der Waals surface area contributed by atoms with Crippen molar-refractivity contribution in [1.29, 1.82) is 0 Å². The van der Waals surface area contributed by atoms with Crippen LogP contribution in [-0.4, -0.2) is 55.0 Å².